The van der Waals surface area contributed by atoms with Crippen LogP contribution in [-0.4, -0.2) is 36.7 Å². The quantitative estimate of drug-likeness (QED) is 0.354. The van der Waals surface area contributed by atoms with Crippen molar-refractivity contribution >= 4 is 40.3 Å². The number of carbonyl (C=O) groups is 2. The molecule has 156 valence electrons. The highest BCUT2D eigenvalue weighted by Crippen LogP contribution is 2.21. The fourth-order valence-corrected chi connectivity index (χ4v) is 4.01. The minimum absolute atomic E-state index is 0.0176. The number of imide groups is 1. The van der Waals surface area contributed by atoms with Crippen LogP contribution in [0.4, 0.5) is 0 Å². The number of fused-ring (bicyclic) bond motifs is 3. The van der Waals surface area contributed by atoms with Crippen molar-refractivity contribution in [1.29, 1.82) is 0 Å². The number of rotatable bonds is 7. The van der Waals surface area contributed by atoms with E-state index in [1.807, 2.05) is 36.4 Å². The lowest BCUT2D eigenvalue weighted by Gasteiger charge is -2.09. The summed E-state index contributed by atoms with van der Waals surface area (Å²) in [6.07, 6.45) is 1.74. The van der Waals surface area contributed by atoms with Crippen LogP contribution in [0.25, 0.3) is 16.7 Å². The molecule has 1 N–H and O–H groups in total. The summed E-state index contributed by atoms with van der Waals surface area (Å²) in [6, 6.07) is 16.4. The Balaban J connectivity index is 1.55. The normalized spacial score (nSPS) is 11.0. The minimum Gasteiger partial charge on any atom is -0.295 e. The first kappa shape index (κ1) is 20.5. The maximum Gasteiger partial charge on any atom is 0.263 e. The Morgan fingerprint density at radius 1 is 1.03 bits per heavy atom. The van der Waals surface area contributed by atoms with E-state index in [1.54, 1.807) is 28.7 Å². The van der Waals surface area contributed by atoms with Crippen LogP contribution >= 0.6 is 11.8 Å². The van der Waals surface area contributed by atoms with Crippen LogP contribution < -0.4 is 10.9 Å². The van der Waals surface area contributed by atoms with E-state index in [2.05, 4.69) is 22.1 Å². The van der Waals surface area contributed by atoms with Crippen LogP contribution in [0.5, 0.6) is 0 Å². The van der Waals surface area contributed by atoms with Gasteiger partial charge in [0.2, 0.25) is 17.6 Å². The molecule has 0 aliphatic heterocycles. The lowest BCUT2D eigenvalue weighted by molar-refractivity contribution is -0.128. The molecule has 0 unspecified atom stereocenters. The van der Waals surface area contributed by atoms with E-state index in [0.29, 0.717) is 21.8 Å². The Labute approximate surface area is 181 Å². The molecule has 0 saturated heterocycles. The third-order valence-corrected chi connectivity index (χ3v) is 5.54. The first-order valence-corrected chi connectivity index (χ1v) is 10.5. The molecule has 9 heteroatoms. The highest BCUT2D eigenvalue weighted by atomic mass is 32.2. The number of nitrogens with zero attached hydrogens (tertiary/aromatic N) is 4. The summed E-state index contributed by atoms with van der Waals surface area (Å²) in [5.41, 5.74) is 1.29. The molecule has 4 aromatic rings. The molecule has 31 heavy (non-hydrogen) atoms. The summed E-state index contributed by atoms with van der Waals surface area (Å²) >= 11 is 1.14. The summed E-state index contributed by atoms with van der Waals surface area (Å²) in [7, 11) is 0. The summed E-state index contributed by atoms with van der Waals surface area (Å²) < 4.78 is 3.22. The second-order valence-corrected chi connectivity index (χ2v) is 7.70. The molecule has 2 heterocycles. The second kappa shape index (κ2) is 8.97. The van der Waals surface area contributed by atoms with E-state index in [-0.39, 0.29) is 30.2 Å². The van der Waals surface area contributed by atoms with Gasteiger partial charge in [0.1, 0.15) is 0 Å². The van der Waals surface area contributed by atoms with Gasteiger partial charge in [0.15, 0.2) is 5.16 Å². The summed E-state index contributed by atoms with van der Waals surface area (Å²) in [5.74, 6) is -0.442. The Bertz CT molecular complexity index is 1340. The average molecular weight is 433 g/mol. The van der Waals surface area contributed by atoms with Crippen LogP contribution in [0.2, 0.25) is 0 Å². The molecule has 2 aromatic heterocycles. The SMILES string of the molecule is C=CCn1c(=O)c2ccccc2n2c(SCC(=O)NC(=O)Cc3ccccc3)nnc12. The van der Waals surface area contributed by atoms with E-state index in [1.165, 1.54) is 4.57 Å². The van der Waals surface area contributed by atoms with Gasteiger partial charge in [-0.15, -0.1) is 16.8 Å². The van der Waals surface area contributed by atoms with Gasteiger partial charge in [-0.05, 0) is 17.7 Å². The fourth-order valence-electron chi connectivity index (χ4n) is 3.27. The molecule has 0 saturated carbocycles. The van der Waals surface area contributed by atoms with Gasteiger partial charge in [0.25, 0.3) is 5.56 Å². The molecule has 0 fully saturated rings. The molecule has 2 amide bonds. The number of para-hydroxylation sites is 1. The van der Waals surface area contributed by atoms with Crippen molar-refractivity contribution in [2.75, 3.05) is 5.75 Å². The summed E-state index contributed by atoms with van der Waals surface area (Å²) in [4.78, 5) is 37.2. The van der Waals surface area contributed by atoms with Gasteiger partial charge in [-0.1, -0.05) is 60.3 Å². The van der Waals surface area contributed by atoms with Gasteiger partial charge in [-0.3, -0.25) is 28.7 Å². The van der Waals surface area contributed by atoms with Crippen molar-refractivity contribution in [3.8, 4) is 0 Å². The number of benzene rings is 2. The van der Waals surface area contributed by atoms with E-state index in [9.17, 15) is 14.4 Å². The number of allylic oxidation sites excluding steroid dienone is 1. The molecular formula is C22H19N5O3S. The summed E-state index contributed by atoms with van der Waals surface area (Å²) in [5, 5.41) is 11.7. The van der Waals surface area contributed by atoms with Crippen LogP contribution in [0.3, 0.4) is 0 Å². The molecule has 0 aliphatic rings. The minimum atomic E-state index is -0.425. The Hall–Kier alpha value is -3.72. The Kier molecular flexibility index (Phi) is 5.94. The zero-order chi connectivity index (χ0) is 21.8. The molecule has 0 bridgehead atoms. The van der Waals surface area contributed by atoms with Crippen molar-refractivity contribution in [2.24, 2.45) is 0 Å². The smallest absolute Gasteiger partial charge is 0.263 e. The van der Waals surface area contributed by atoms with E-state index < -0.39 is 5.91 Å². The van der Waals surface area contributed by atoms with Crippen molar-refractivity contribution < 1.29 is 9.59 Å². The fraction of sp³-hybridized carbons (Fsp3) is 0.136. The maximum atomic E-state index is 12.8. The van der Waals surface area contributed by atoms with Crippen LogP contribution in [0.15, 0.2) is 77.2 Å². The number of nitrogens with one attached hydrogen (secondary N) is 1. The number of carbonyl (C=O) groups excluding carboxylic acids is 2. The van der Waals surface area contributed by atoms with Gasteiger partial charge < -0.3 is 0 Å². The number of hydrogen-bond donors (Lipinski definition) is 1. The van der Waals surface area contributed by atoms with Crippen molar-refractivity contribution in [1.82, 2.24) is 24.5 Å². The first-order chi connectivity index (χ1) is 15.1. The van der Waals surface area contributed by atoms with Gasteiger partial charge >= 0.3 is 0 Å². The predicted octanol–water partition coefficient (Wildman–Crippen LogP) is 2.21. The van der Waals surface area contributed by atoms with Gasteiger partial charge in [-0.2, -0.15) is 0 Å². The standard InChI is InChI=1S/C22H19N5O3S/c1-2-12-26-20(30)16-10-6-7-11-17(16)27-21(26)24-25-22(27)31-14-19(29)23-18(28)13-15-8-4-3-5-9-15/h2-11H,1,12-14H2,(H,23,28,29). The third-order valence-electron chi connectivity index (χ3n) is 4.61. The molecule has 0 atom stereocenters. The van der Waals surface area contributed by atoms with Gasteiger partial charge in [-0.25, -0.2) is 0 Å². The van der Waals surface area contributed by atoms with Crippen molar-refractivity contribution in [3.05, 3.63) is 83.2 Å². The molecule has 0 spiro atoms. The Morgan fingerprint density at radius 2 is 1.77 bits per heavy atom. The highest BCUT2D eigenvalue weighted by Gasteiger charge is 2.17. The molecule has 2 aromatic carbocycles. The van der Waals surface area contributed by atoms with E-state index >= 15 is 0 Å². The Morgan fingerprint density at radius 3 is 2.55 bits per heavy atom. The van der Waals surface area contributed by atoms with Gasteiger partial charge in [0.05, 0.1) is 23.1 Å². The first-order valence-electron chi connectivity index (χ1n) is 9.55. The lowest BCUT2D eigenvalue weighted by atomic mass is 10.1. The molecule has 0 aliphatic carbocycles. The molecule has 8 nitrogen and oxygen atoms in total. The summed E-state index contributed by atoms with van der Waals surface area (Å²) in [6.45, 7) is 3.98. The van der Waals surface area contributed by atoms with Crippen molar-refractivity contribution in [3.63, 3.8) is 0 Å². The van der Waals surface area contributed by atoms with Gasteiger partial charge in [0, 0.05) is 6.54 Å². The van der Waals surface area contributed by atoms with E-state index in [0.717, 1.165) is 17.3 Å². The number of amides is 2. The topological polar surface area (TPSA) is 98.4 Å². The van der Waals surface area contributed by atoms with Crippen LogP contribution in [0, 0.1) is 0 Å². The van der Waals surface area contributed by atoms with Crippen molar-refractivity contribution in [2.45, 2.75) is 18.1 Å². The number of aromatic nitrogens is 4. The predicted molar refractivity (Wildman–Crippen MR) is 119 cm³/mol. The highest BCUT2D eigenvalue weighted by molar-refractivity contribution is 7.99. The van der Waals surface area contributed by atoms with E-state index in [4.69, 9.17) is 0 Å². The number of hydrogen-bond acceptors (Lipinski definition) is 6. The number of thioether (sulfide) groups is 1. The third kappa shape index (κ3) is 4.26. The second-order valence-electron chi connectivity index (χ2n) is 6.76. The largest absolute Gasteiger partial charge is 0.295 e. The van der Waals surface area contributed by atoms with Crippen LogP contribution in [0.1, 0.15) is 5.56 Å². The molecular weight excluding hydrogens is 414 g/mol. The molecule has 0 radical (unpaired) electrons. The zero-order valence-electron chi connectivity index (χ0n) is 16.5. The zero-order valence-corrected chi connectivity index (χ0v) is 17.3. The maximum absolute atomic E-state index is 12.8. The average Bonchev–Trinajstić information content (AvgIpc) is 3.20. The monoisotopic (exact) mass is 433 g/mol. The van der Waals surface area contributed by atoms with Crippen LogP contribution in [-0.2, 0) is 22.6 Å². The molecule has 4 rings (SSSR count). The lowest BCUT2D eigenvalue weighted by Crippen LogP contribution is -2.33.